The van der Waals surface area contributed by atoms with E-state index in [2.05, 4.69) is 11.9 Å². The fraction of sp³-hybridized carbons (Fsp3) is 0.783. The zero-order valence-corrected chi connectivity index (χ0v) is 19.2. The minimum atomic E-state index is -1.35. The first-order valence-corrected chi connectivity index (χ1v) is 12.0. The van der Waals surface area contributed by atoms with E-state index in [1.165, 1.54) is 63.6 Å². The first-order chi connectivity index (χ1) is 15.4. The van der Waals surface area contributed by atoms with Gasteiger partial charge in [0.15, 0.2) is 6.23 Å². The third kappa shape index (κ3) is 8.52. The maximum Gasteiger partial charge on any atom is 0.351 e. The van der Waals surface area contributed by atoms with Crippen molar-refractivity contribution in [3.8, 4) is 0 Å². The number of aliphatic hydroxyl groups is 2. The third-order valence-corrected chi connectivity index (χ3v) is 5.86. The molecule has 1 aliphatic heterocycles. The van der Waals surface area contributed by atoms with Crippen LogP contribution in [0, 0.1) is 0 Å². The molecule has 0 unspecified atom stereocenters. The lowest BCUT2D eigenvalue weighted by Gasteiger charge is -2.16. The highest BCUT2D eigenvalue weighted by molar-refractivity contribution is 5.69. The van der Waals surface area contributed by atoms with Crippen molar-refractivity contribution in [2.24, 2.45) is 0 Å². The largest absolute Gasteiger partial charge is 0.463 e. The molecule has 0 saturated carbocycles. The predicted molar refractivity (Wildman–Crippen MR) is 121 cm³/mol. The van der Waals surface area contributed by atoms with Crippen molar-refractivity contribution in [1.82, 2.24) is 9.55 Å². The topological polar surface area (TPSA) is 137 Å². The molecule has 0 bridgehead atoms. The van der Waals surface area contributed by atoms with E-state index in [1.54, 1.807) is 0 Å². The van der Waals surface area contributed by atoms with Crippen LogP contribution in [0.15, 0.2) is 17.1 Å². The Kier molecular flexibility index (Phi) is 11.7. The van der Waals surface area contributed by atoms with Crippen LogP contribution in [-0.4, -0.2) is 50.7 Å². The van der Waals surface area contributed by atoms with Gasteiger partial charge in [0, 0.05) is 12.6 Å². The van der Waals surface area contributed by atoms with Crippen LogP contribution in [0.5, 0.6) is 0 Å². The number of hydrogen-bond donors (Lipinski definition) is 3. The first kappa shape index (κ1) is 26.3. The minimum absolute atomic E-state index is 0.0483. The summed E-state index contributed by atoms with van der Waals surface area (Å²) in [6.07, 6.45) is 10.2. The number of anilines is 1. The van der Waals surface area contributed by atoms with Gasteiger partial charge in [-0.2, -0.15) is 4.98 Å². The number of carbonyl (C=O) groups excluding carboxylic acids is 1. The molecule has 32 heavy (non-hydrogen) atoms. The number of nitrogens with two attached hydrogens (primary N) is 1. The fourth-order valence-corrected chi connectivity index (χ4v) is 3.90. The number of esters is 1. The van der Waals surface area contributed by atoms with Crippen molar-refractivity contribution in [1.29, 1.82) is 0 Å². The summed E-state index contributed by atoms with van der Waals surface area (Å²) in [4.78, 5) is 27.5. The highest BCUT2D eigenvalue weighted by Crippen LogP contribution is 2.28. The second-order valence-electron chi connectivity index (χ2n) is 8.56. The van der Waals surface area contributed by atoms with E-state index in [9.17, 15) is 19.8 Å². The van der Waals surface area contributed by atoms with Crippen LogP contribution < -0.4 is 11.4 Å². The molecular formula is C23H39N3O6. The van der Waals surface area contributed by atoms with Crippen molar-refractivity contribution in [3.63, 3.8) is 0 Å². The molecule has 0 aliphatic carbocycles. The Morgan fingerprint density at radius 2 is 1.66 bits per heavy atom. The monoisotopic (exact) mass is 453 g/mol. The van der Waals surface area contributed by atoms with Gasteiger partial charge in [0.2, 0.25) is 0 Å². The molecule has 1 aromatic rings. The molecule has 0 aromatic carbocycles. The number of unbranched alkanes of at least 4 members (excludes halogenated alkanes) is 10. The van der Waals surface area contributed by atoms with E-state index in [0.717, 1.165) is 23.8 Å². The van der Waals surface area contributed by atoms with Crippen LogP contribution >= 0.6 is 0 Å². The number of aliphatic hydroxyl groups excluding tert-OH is 2. The van der Waals surface area contributed by atoms with Gasteiger partial charge in [0.25, 0.3) is 0 Å². The molecule has 0 spiro atoms. The summed E-state index contributed by atoms with van der Waals surface area (Å²) in [7, 11) is 0. The van der Waals surface area contributed by atoms with Crippen LogP contribution in [0.1, 0.15) is 90.2 Å². The smallest absolute Gasteiger partial charge is 0.351 e. The van der Waals surface area contributed by atoms with Crippen LogP contribution in [-0.2, 0) is 14.3 Å². The predicted octanol–water partition coefficient (Wildman–Crippen LogP) is 2.69. The number of ether oxygens (including phenoxy) is 2. The second kappa shape index (κ2) is 14.2. The van der Waals surface area contributed by atoms with Crippen LogP contribution in [0.25, 0.3) is 0 Å². The molecule has 1 saturated heterocycles. The molecule has 4 atom stereocenters. The molecule has 9 heteroatoms. The van der Waals surface area contributed by atoms with Crippen molar-refractivity contribution < 1.29 is 24.5 Å². The minimum Gasteiger partial charge on any atom is -0.463 e. The van der Waals surface area contributed by atoms with Crippen molar-refractivity contribution >= 4 is 11.8 Å². The number of hydrogen-bond acceptors (Lipinski definition) is 8. The van der Waals surface area contributed by atoms with Crippen molar-refractivity contribution in [3.05, 3.63) is 22.7 Å². The van der Waals surface area contributed by atoms with E-state index in [1.807, 2.05) is 0 Å². The zero-order valence-electron chi connectivity index (χ0n) is 19.2. The average Bonchev–Trinajstić information content (AvgIpc) is 3.04. The van der Waals surface area contributed by atoms with E-state index < -0.39 is 30.2 Å². The summed E-state index contributed by atoms with van der Waals surface area (Å²) in [5.41, 5.74) is 4.76. The van der Waals surface area contributed by atoms with Gasteiger partial charge >= 0.3 is 11.7 Å². The summed E-state index contributed by atoms with van der Waals surface area (Å²) >= 11 is 0. The number of nitrogens with zero attached hydrogens (tertiary/aromatic N) is 2. The Balaban J connectivity index is 1.58. The van der Waals surface area contributed by atoms with Crippen LogP contribution in [0.4, 0.5) is 5.82 Å². The molecule has 1 aromatic heterocycles. The molecule has 1 fully saturated rings. The summed E-state index contributed by atoms with van der Waals surface area (Å²) in [5.74, 6) is -0.312. The Morgan fingerprint density at radius 3 is 2.25 bits per heavy atom. The maximum absolute atomic E-state index is 12.0. The standard InChI is InChI=1S/C23H39N3O6/c1-2-3-4-5-6-7-8-9-10-11-12-13-19(27)31-16-17-20(28)21(29)22(32-17)26-15-14-18(24)25-23(26)30/h14-15,17,20-22,28-29H,2-13,16H2,1H3,(H2,24,25,30)/t17-,20-,21+,22-/m1/s1. The number of rotatable bonds is 15. The van der Waals surface area contributed by atoms with E-state index in [0.29, 0.717) is 6.42 Å². The molecule has 9 nitrogen and oxygen atoms in total. The SMILES string of the molecule is CCCCCCCCCCCCCC(=O)OC[C@H]1O[C@@H](n2ccc(N)nc2=O)[C@@H](O)[C@@H]1O. The quantitative estimate of drug-likeness (QED) is 0.272. The van der Waals surface area contributed by atoms with Gasteiger partial charge in [-0.15, -0.1) is 0 Å². The number of aromatic nitrogens is 2. The van der Waals surface area contributed by atoms with Gasteiger partial charge in [-0.25, -0.2) is 4.79 Å². The lowest BCUT2D eigenvalue weighted by Crippen LogP contribution is -2.36. The van der Waals surface area contributed by atoms with E-state index in [4.69, 9.17) is 15.2 Å². The van der Waals surface area contributed by atoms with Crippen molar-refractivity contribution in [2.75, 3.05) is 12.3 Å². The molecule has 2 rings (SSSR count). The first-order valence-electron chi connectivity index (χ1n) is 12.0. The third-order valence-electron chi connectivity index (χ3n) is 5.86. The van der Waals surface area contributed by atoms with Crippen molar-refractivity contribution in [2.45, 2.75) is 109 Å². The van der Waals surface area contributed by atoms with Crippen LogP contribution in [0.3, 0.4) is 0 Å². The Bertz CT molecular complexity index is 741. The molecule has 0 amide bonds. The normalized spacial score (nSPS) is 22.8. The fourth-order valence-electron chi connectivity index (χ4n) is 3.90. The van der Waals surface area contributed by atoms with Crippen LogP contribution in [0.2, 0.25) is 0 Å². The summed E-state index contributed by atoms with van der Waals surface area (Å²) in [6.45, 7) is 2.04. The highest BCUT2D eigenvalue weighted by atomic mass is 16.6. The Labute approximate surface area is 189 Å². The Morgan fingerprint density at radius 1 is 1.06 bits per heavy atom. The second-order valence-corrected chi connectivity index (χ2v) is 8.56. The Hall–Kier alpha value is -1.97. The van der Waals surface area contributed by atoms with Gasteiger partial charge in [-0.05, 0) is 12.5 Å². The molecule has 182 valence electrons. The molecule has 0 radical (unpaired) electrons. The van der Waals surface area contributed by atoms with E-state index >= 15 is 0 Å². The van der Waals surface area contributed by atoms with Gasteiger partial charge in [-0.3, -0.25) is 9.36 Å². The van der Waals surface area contributed by atoms with Gasteiger partial charge in [0.05, 0.1) is 0 Å². The van der Waals surface area contributed by atoms with Gasteiger partial charge < -0.3 is 25.4 Å². The molecule has 2 heterocycles. The summed E-state index contributed by atoms with van der Waals surface area (Å²) in [6, 6.07) is 1.39. The summed E-state index contributed by atoms with van der Waals surface area (Å²) in [5, 5.41) is 20.4. The number of nitrogen functional groups attached to an aromatic ring is 1. The summed E-state index contributed by atoms with van der Waals surface area (Å²) < 4.78 is 11.8. The number of carbonyl (C=O) groups is 1. The lowest BCUT2D eigenvalue weighted by molar-refractivity contribution is -0.150. The van der Waals surface area contributed by atoms with Gasteiger partial charge in [-0.1, -0.05) is 71.1 Å². The highest BCUT2D eigenvalue weighted by Gasteiger charge is 2.44. The lowest BCUT2D eigenvalue weighted by atomic mass is 10.1. The van der Waals surface area contributed by atoms with Gasteiger partial charge in [0.1, 0.15) is 30.7 Å². The maximum atomic E-state index is 12.0. The average molecular weight is 454 g/mol. The molecule has 1 aliphatic rings. The van der Waals surface area contributed by atoms with E-state index in [-0.39, 0.29) is 18.4 Å². The zero-order chi connectivity index (χ0) is 23.3. The molecular weight excluding hydrogens is 414 g/mol. The molecule has 4 N–H and O–H groups in total.